The molecule has 36 heavy (non-hydrogen) atoms. The molecule has 1 aliphatic carbocycles. The second-order valence-corrected chi connectivity index (χ2v) is 11.6. The molecule has 192 valence electrons. The van der Waals surface area contributed by atoms with Crippen LogP contribution in [0.3, 0.4) is 0 Å². The molecular formula is C28H31Cl2NO5. The Hall–Kier alpha value is -2.57. The summed E-state index contributed by atoms with van der Waals surface area (Å²) in [6.45, 7) is 5.39. The van der Waals surface area contributed by atoms with Crippen LogP contribution in [0.5, 0.6) is 0 Å². The molecule has 2 fully saturated rings. The van der Waals surface area contributed by atoms with Gasteiger partial charge in [0, 0.05) is 21.9 Å². The quantitative estimate of drug-likeness (QED) is 0.426. The summed E-state index contributed by atoms with van der Waals surface area (Å²) in [7, 11) is 0. The topological polar surface area (TPSA) is 83.9 Å². The third kappa shape index (κ3) is 6.04. The van der Waals surface area contributed by atoms with Crippen LogP contribution in [0.1, 0.15) is 69.5 Å². The van der Waals surface area contributed by atoms with Crippen LogP contribution in [0, 0.1) is 11.8 Å². The lowest BCUT2D eigenvalue weighted by atomic mass is 9.74. The highest BCUT2D eigenvalue weighted by molar-refractivity contribution is 6.30. The molecule has 4 rings (SSSR count). The number of likely N-dealkylation sites (tertiary alicyclic amines) is 1. The molecule has 0 spiro atoms. The monoisotopic (exact) mass is 531 g/mol. The third-order valence-corrected chi connectivity index (χ3v) is 7.24. The van der Waals surface area contributed by atoms with Crippen LogP contribution in [0.25, 0.3) is 0 Å². The zero-order valence-corrected chi connectivity index (χ0v) is 22.1. The molecule has 0 radical (unpaired) electrons. The minimum atomic E-state index is -1.05. The zero-order valence-electron chi connectivity index (χ0n) is 20.6. The van der Waals surface area contributed by atoms with E-state index in [0.717, 1.165) is 24.0 Å². The van der Waals surface area contributed by atoms with Gasteiger partial charge in [-0.2, -0.15) is 0 Å². The predicted molar refractivity (Wildman–Crippen MR) is 138 cm³/mol. The van der Waals surface area contributed by atoms with Gasteiger partial charge in [-0.05, 0) is 81.3 Å². The van der Waals surface area contributed by atoms with Crippen LogP contribution in [0.4, 0.5) is 0 Å². The van der Waals surface area contributed by atoms with Crippen molar-refractivity contribution in [2.45, 2.75) is 70.1 Å². The van der Waals surface area contributed by atoms with Crippen molar-refractivity contribution >= 4 is 41.0 Å². The molecule has 4 unspecified atom stereocenters. The van der Waals surface area contributed by atoms with Gasteiger partial charge in [-0.3, -0.25) is 9.59 Å². The summed E-state index contributed by atoms with van der Waals surface area (Å²) >= 11 is 12.5. The number of carbonyl (C=O) groups excluding carboxylic acids is 2. The summed E-state index contributed by atoms with van der Waals surface area (Å²) in [4.78, 5) is 40.9. The number of carboxylic acid groups (broad SMARTS) is 1. The second-order valence-electron chi connectivity index (χ2n) is 10.7. The molecule has 2 aromatic rings. The maximum absolute atomic E-state index is 14.0. The molecule has 4 atom stereocenters. The van der Waals surface area contributed by atoms with Crippen LogP contribution in [0.15, 0.2) is 48.5 Å². The molecule has 0 aromatic heterocycles. The van der Waals surface area contributed by atoms with Gasteiger partial charge in [0.05, 0.1) is 12.5 Å². The molecule has 6 nitrogen and oxygen atoms in total. The van der Waals surface area contributed by atoms with Gasteiger partial charge in [-0.25, -0.2) is 4.79 Å². The Labute approximate surface area is 221 Å². The minimum absolute atomic E-state index is 0.0396. The van der Waals surface area contributed by atoms with Gasteiger partial charge in [0.25, 0.3) is 0 Å². The normalized spacial score (nSPS) is 23.3. The van der Waals surface area contributed by atoms with E-state index < -0.39 is 35.5 Å². The lowest BCUT2D eigenvalue weighted by Gasteiger charge is -2.48. The standard InChI is InChI=1S/C28H31Cl2NO5/c1-28(2,3)36-27(35)25(17-7-8-17)31-24(16-9-11-20(29)12-10-16)22(18-5-4-6-21(30)13-18)14-19(26(31)34)15-23(32)33/h4-6,9-13,17,19,22,24-25H,7-8,14-15H2,1-3H3,(H,32,33). The number of amides is 1. The van der Waals surface area contributed by atoms with E-state index in [2.05, 4.69) is 0 Å². The van der Waals surface area contributed by atoms with E-state index >= 15 is 0 Å². The van der Waals surface area contributed by atoms with E-state index in [0.29, 0.717) is 16.5 Å². The van der Waals surface area contributed by atoms with Gasteiger partial charge in [0.2, 0.25) is 5.91 Å². The highest BCUT2D eigenvalue weighted by Gasteiger charge is 2.53. The van der Waals surface area contributed by atoms with Crippen LogP contribution >= 0.6 is 23.2 Å². The molecule has 1 heterocycles. The number of esters is 1. The highest BCUT2D eigenvalue weighted by atomic mass is 35.5. The summed E-state index contributed by atoms with van der Waals surface area (Å²) in [5.41, 5.74) is 0.973. The molecule has 1 saturated heterocycles. The number of hydrogen-bond acceptors (Lipinski definition) is 4. The minimum Gasteiger partial charge on any atom is -0.481 e. The summed E-state index contributed by atoms with van der Waals surface area (Å²) in [5, 5.41) is 10.7. The fourth-order valence-electron chi connectivity index (χ4n) is 5.19. The van der Waals surface area contributed by atoms with Crippen molar-refractivity contribution < 1.29 is 24.2 Å². The highest BCUT2D eigenvalue weighted by Crippen LogP contribution is 2.50. The number of rotatable bonds is 7. The van der Waals surface area contributed by atoms with Crippen LogP contribution in [0.2, 0.25) is 10.0 Å². The Morgan fingerprint density at radius 1 is 1.06 bits per heavy atom. The number of halogens is 2. The summed E-state index contributed by atoms with van der Waals surface area (Å²) < 4.78 is 5.79. The SMILES string of the molecule is CC(C)(C)OC(=O)C(C1CC1)N1C(=O)C(CC(=O)O)CC(c2cccc(Cl)c2)C1c1ccc(Cl)cc1. The van der Waals surface area contributed by atoms with E-state index in [-0.39, 0.29) is 24.2 Å². The molecule has 1 saturated carbocycles. The lowest BCUT2D eigenvalue weighted by Crippen LogP contribution is -2.56. The molecule has 2 aliphatic rings. The molecule has 0 bridgehead atoms. The fraction of sp³-hybridized carbons (Fsp3) is 0.464. The Balaban J connectivity index is 1.88. The molecule has 1 amide bonds. The Morgan fingerprint density at radius 2 is 1.72 bits per heavy atom. The van der Waals surface area contributed by atoms with Gasteiger partial charge >= 0.3 is 11.9 Å². The van der Waals surface area contributed by atoms with Gasteiger partial charge in [-0.15, -0.1) is 0 Å². The van der Waals surface area contributed by atoms with Crippen molar-refractivity contribution in [1.82, 2.24) is 4.90 Å². The number of aliphatic carboxylic acids is 1. The number of carboxylic acids is 1. The maximum Gasteiger partial charge on any atom is 0.329 e. The number of piperidine rings is 1. The van der Waals surface area contributed by atoms with E-state index in [1.807, 2.05) is 30.3 Å². The van der Waals surface area contributed by atoms with Crippen LogP contribution in [-0.2, 0) is 19.1 Å². The van der Waals surface area contributed by atoms with Crippen molar-refractivity contribution in [3.63, 3.8) is 0 Å². The molecule has 2 aromatic carbocycles. The van der Waals surface area contributed by atoms with E-state index in [1.54, 1.807) is 43.9 Å². The fourth-order valence-corrected chi connectivity index (χ4v) is 5.51. The first-order chi connectivity index (χ1) is 16.9. The van der Waals surface area contributed by atoms with Gasteiger partial charge < -0.3 is 14.7 Å². The number of nitrogens with zero attached hydrogens (tertiary/aromatic N) is 1. The predicted octanol–water partition coefficient (Wildman–Crippen LogP) is 6.26. The van der Waals surface area contributed by atoms with Gasteiger partial charge in [0.15, 0.2) is 0 Å². The lowest BCUT2D eigenvalue weighted by molar-refractivity contribution is -0.172. The van der Waals surface area contributed by atoms with Crippen molar-refractivity contribution in [3.05, 3.63) is 69.7 Å². The van der Waals surface area contributed by atoms with Gasteiger partial charge in [0.1, 0.15) is 11.6 Å². The zero-order chi connectivity index (χ0) is 26.2. The maximum atomic E-state index is 14.0. The van der Waals surface area contributed by atoms with E-state index in [4.69, 9.17) is 27.9 Å². The molecule has 8 heteroatoms. The second kappa shape index (κ2) is 10.4. The van der Waals surface area contributed by atoms with Crippen molar-refractivity contribution in [3.8, 4) is 0 Å². The average Bonchev–Trinajstić information content (AvgIpc) is 3.60. The summed E-state index contributed by atoms with van der Waals surface area (Å²) in [5.74, 6) is -2.95. The molecule has 1 aliphatic heterocycles. The number of hydrogen-bond donors (Lipinski definition) is 1. The number of ether oxygens (including phenoxy) is 1. The first-order valence-corrected chi connectivity index (χ1v) is 13.0. The van der Waals surface area contributed by atoms with E-state index in [1.165, 1.54) is 0 Å². The average molecular weight is 532 g/mol. The molecular weight excluding hydrogens is 501 g/mol. The number of carbonyl (C=O) groups is 3. The first-order valence-electron chi connectivity index (χ1n) is 12.2. The summed E-state index contributed by atoms with van der Waals surface area (Å²) in [6, 6.07) is 13.3. The Kier molecular flexibility index (Phi) is 7.67. The van der Waals surface area contributed by atoms with Crippen molar-refractivity contribution in [2.24, 2.45) is 11.8 Å². The third-order valence-electron chi connectivity index (χ3n) is 6.75. The van der Waals surface area contributed by atoms with Crippen molar-refractivity contribution in [1.29, 1.82) is 0 Å². The van der Waals surface area contributed by atoms with E-state index in [9.17, 15) is 19.5 Å². The van der Waals surface area contributed by atoms with Crippen molar-refractivity contribution in [2.75, 3.05) is 0 Å². The smallest absolute Gasteiger partial charge is 0.329 e. The Bertz CT molecular complexity index is 1140. The van der Waals surface area contributed by atoms with Crippen LogP contribution < -0.4 is 0 Å². The summed E-state index contributed by atoms with van der Waals surface area (Å²) in [6.07, 6.45) is 1.60. The number of benzene rings is 2. The van der Waals surface area contributed by atoms with Gasteiger partial charge in [-0.1, -0.05) is 47.5 Å². The first kappa shape index (κ1) is 26.5. The molecule has 1 N–H and O–H groups in total. The largest absolute Gasteiger partial charge is 0.481 e. The van der Waals surface area contributed by atoms with Crippen LogP contribution in [-0.4, -0.2) is 39.5 Å². The Morgan fingerprint density at radius 3 is 2.28 bits per heavy atom.